The first kappa shape index (κ1) is 10.9. The molecule has 3 nitrogen and oxygen atoms in total. The normalized spacial score (nSPS) is 10.9. The molecule has 78 valence electrons. The average molecular weight is 203 g/mol. The summed E-state index contributed by atoms with van der Waals surface area (Å²) in [6.45, 7) is 0.183. The van der Waals surface area contributed by atoms with Gasteiger partial charge in [0, 0.05) is 17.7 Å². The third kappa shape index (κ3) is 2.65. The van der Waals surface area contributed by atoms with Gasteiger partial charge in [0.05, 0.1) is 7.11 Å². The first-order valence-electron chi connectivity index (χ1n) is 4.01. The van der Waals surface area contributed by atoms with Crippen LogP contribution in [-0.4, -0.2) is 12.2 Å². The highest BCUT2D eigenvalue weighted by atomic mass is 19.3. The number of aromatic hydroxyl groups is 1. The molecule has 0 saturated carbocycles. The third-order valence-corrected chi connectivity index (χ3v) is 1.76. The van der Waals surface area contributed by atoms with Crippen LogP contribution in [0.3, 0.4) is 0 Å². The van der Waals surface area contributed by atoms with Crippen molar-refractivity contribution in [3.05, 3.63) is 29.3 Å². The molecule has 0 spiro atoms. The van der Waals surface area contributed by atoms with Crippen molar-refractivity contribution in [1.29, 1.82) is 0 Å². The first-order chi connectivity index (χ1) is 6.65. The summed E-state index contributed by atoms with van der Waals surface area (Å²) in [6, 6.07) is 3.68. The number of hydrogen-bond acceptors (Lipinski definition) is 3. The summed E-state index contributed by atoms with van der Waals surface area (Å²) in [5.41, 5.74) is 2.73. The van der Waals surface area contributed by atoms with Gasteiger partial charge in [0.1, 0.15) is 5.75 Å². The maximum atomic E-state index is 12.3. The molecule has 0 aliphatic carbocycles. The molecule has 14 heavy (non-hydrogen) atoms. The zero-order chi connectivity index (χ0) is 10.6. The summed E-state index contributed by atoms with van der Waals surface area (Å²) in [5.74, 6) is -0.0287. The number of phenols is 1. The van der Waals surface area contributed by atoms with E-state index in [1.54, 1.807) is 0 Å². The molecule has 0 radical (unpaired) electrons. The largest absolute Gasteiger partial charge is 0.508 e. The Morgan fingerprint density at radius 1 is 1.50 bits per heavy atom. The van der Waals surface area contributed by atoms with Gasteiger partial charge < -0.3 is 9.94 Å². The van der Waals surface area contributed by atoms with Gasteiger partial charge >= 0.3 is 0 Å². The Morgan fingerprint density at radius 2 is 2.21 bits per heavy atom. The molecule has 0 amide bonds. The van der Waals surface area contributed by atoms with E-state index in [1.807, 2.05) is 0 Å². The summed E-state index contributed by atoms with van der Waals surface area (Å²) < 4.78 is 24.5. The highest BCUT2D eigenvalue weighted by molar-refractivity contribution is 5.36. The van der Waals surface area contributed by atoms with Gasteiger partial charge in [0.2, 0.25) is 0 Å². The fraction of sp³-hybridized carbons (Fsp3) is 0.333. The zero-order valence-electron chi connectivity index (χ0n) is 7.63. The molecule has 0 unspecified atom stereocenters. The minimum absolute atomic E-state index is 0.0287. The number of hydrogen-bond donors (Lipinski definition) is 2. The summed E-state index contributed by atoms with van der Waals surface area (Å²) in [7, 11) is 1.41. The molecule has 0 aliphatic rings. The molecule has 0 aromatic heterocycles. The molecule has 0 bridgehead atoms. The van der Waals surface area contributed by atoms with E-state index in [1.165, 1.54) is 25.3 Å². The number of hydroxylamine groups is 1. The molecule has 0 saturated heterocycles. The molecule has 2 N–H and O–H groups in total. The number of alkyl halides is 2. The predicted octanol–water partition coefficient (Wildman–Crippen LogP) is 1.98. The Balaban J connectivity index is 2.85. The lowest BCUT2D eigenvalue weighted by Gasteiger charge is -2.07. The van der Waals surface area contributed by atoms with Crippen LogP contribution < -0.4 is 5.48 Å². The molecule has 1 aromatic rings. The second-order valence-corrected chi connectivity index (χ2v) is 2.71. The Labute approximate surface area is 80.3 Å². The van der Waals surface area contributed by atoms with Crippen LogP contribution in [0.25, 0.3) is 0 Å². The van der Waals surface area contributed by atoms with E-state index in [-0.39, 0.29) is 17.9 Å². The molecule has 1 rings (SSSR count). The molecular weight excluding hydrogens is 192 g/mol. The predicted molar refractivity (Wildman–Crippen MR) is 46.9 cm³/mol. The molecule has 0 atom stereocenters. The van der Waals surface area contributed by atoms with Gasteiger partial charge in [0.15, 0.2) is 0 Å². The van der Waals surface area contributed by atoms with Crippen molar-refractivity contribution in [2.24, 2.45) is 0 Å². The lowest BCUT2D eigenvalue weighted by molar-refractivity contribution is 0.0860. The maximum Gasteiger partial charge on any atom is 0.263 e. The quantitative estimate of drug-likeness (QED) is 0.735. The number of halogens is 2. The summed E-state index contributed by atoms with van der Waals surface area (Å²) in [5, 5.41) is 9.30. The van der Waals surface area contributed by atoms with E-state index < -0.39 is 6.43 Å². The molecule has 5 heteroatoms. The topological polar surface area (TPSA) is 41.5 Å². The smallest absolute Gasteiger partial charge is 0.263 e. The summed E-state index contributed by atoms with van der Waals surface area (Å²) in [6.07, 6.45) is -2.53. The monoisotopic (exact) mass is 203 g/mol. The standard InChI is InChI=1S/C9H11F2NO2/c1-14-12-5-7-4-6(9(10)11)2-3-8(7)13/h2-4,9,12-13H,5H2,1H3. The van der Waals surface area contributed by atoms with Gasteiger partial charge in [-0.15, -0.1) is 0 Å². The van der Waals surface area contributed by atoms with Crippen molar-refractivity contribution >= 4 is 0 Å². The molecule has 1 aromatic carbocycles. The fourth-order valence-corrected chi connectivity index (χ4v) is 1.03. The van der Waals surface area contributed by atoms with E-state index in [4.69, 9.17) is 0 Å². The Kier molecular flexibility index (Phi) is 3.79. The second-order valence-electron chi connectivity index (χ2n) is 2.71. The van der Waals surface area contributed by atoms with Crippen molar-refractivity contribution in [3.8, 4) is 5.75 Å². The number of benzene rings is 1. The van der Waals surface area contributed by atoms with E-state index in [0.717, 1.165) is 0 Å². The number of rotatable bonds is 4. The van der Waals surface area contributed by atoms with Gasteiger partial charge in [-0.3, -0.25) is 0 Å². The van der Waals surface area contributed by atoms with Crippen molar-refractivity contribution < 1.29 is 18.7 Å². The van der Waals surface area contributed by atoms with Crippen LogP contribution in [0.2, 0.25) is 0 Å². The summed E-state index contributed by atoms with van der Waals surface area (Å²) in [4.78, 5) is 4.55. The van der Waals surface area contributed by atoms with Crippen LogP contribution in [0, 0.1) is 0 Å². The van der Waals surface area contributed by atoms with E-state index >= 15 is 0 Å². The van der Waals surface area contributed by atoms with Crippen molar-refractivity contribution in [3.63, 3.8) is 0 Å². The Morgan fingerprint density at radius 3 is 2.79 bits per heavy atom. The van der Waals surface area contributed by atoms with Gasteiger partial charge in [-0.05, 0) is 18.2 Å². The van der Waals surface area contributed by atoms with Crippen molar-refractivity contribution in [1.82, 2.24) is 5.48 Å². The van der Waals surface area contributed by atoms with Gasteiger partial charge in [-0.2, -0.15) is 5.48 Å². The van der Waals surface area contributed by atoms with Crippen LogP contribution in [0.15, 0.2) is 18.2 Å². The zero-order valence-corrected chi connectivity index (χ0v) is 7.63. The Bertz CT molecular complexity index is 305. The van der Waals surface area contributed by atoms with E-state index in [0.29, 0.717) is 5.56 Å². The van der Waals surface area contributed by atoms with Crippen LogP contribution in [0.1, 0.15) is 17.6 Å². The van der Waals surface area contributed by atoms with Crippen molar-refractivity contribution in [2.45, 2.75) is 13.0 Å². The molecule has 0 heterocycles. The van der Waals surface area contributed by atoms with Crippen molar-refractivity contribution in [2.75, 3.05) is 7.11 Å². The van der Waals surface area contributed by atoms with Gasteiger partial charge in [-0.25, -0.2) is 8.78 Å². The Hall–Kier alpha value is -1.20. The van der Waals surface area contributed by atoms with Crippen LogP contribution in [0.5, 0.6) is 5.75 Å². The maximum absolute atomic E-state index is 12.3. The molecular formula is C9H11F2NO2. The lowest BCUT2D eigenvalue weighted by Crippen LogP contribution is -2.11. The SMILES string of the molecule is CONCc1cc(C(F)F)ccc1O. The highest BCUT2D eigenvalue weighted by Gasteiger charge is 2.09. The average Bonchev–Trinajstić information content (AvgIpc) is 2.16. The molecule has 0 fully saturated rings. The van der Waals surface area contributed by atoms with Crippen LogP contribution in [0.4, 0.5) is 8.78 Å². The number of nitrogens with one attached hydrogen (secondary N) is 1. The lowest BCUT2D eigenvalue weighted by atomic mass is 10.1. The molecule has 0 aliphatic heterocycles. The highest BCUT2D eigenvalue weighted by Crippen LogP contribution is 2.24. The summed E-state index contributed by atoms with van der Waals surface area (Å²) >= 11 is 0. The first-order valence-corrected chi connectivity index (χ1v) is 4.01. The fourth-order valence-electron chi connectivity index (χ4n) is 1.03. The van der Waals surface area contributed by atoms with E-state index in [9.17, 15) is 13.9 Å². The minimum atomic E-state index is -2.53. The third-order valence-electron chi connectivity index (χ3n) is 1.76. The van der Waals surface area contributed by atoms with Crippen LogP contribution in [-0.2, 0) is 11.4 Å². The van der Waals surface area contributed by atoms with Crippen LogP contribution >= 0.6 is 0 Å². The van der Waals surface area contributed by atoms with Gasteiger partial charge in [0.25, 0.3) is 6.43 Å². The second kappa shape index (κ2) is 4.88. The minimum Gasteiger partial charge on any atom is -0.508 e. The van der Waals surface area contributed by atoms with Gasteiger partial charge in [-0.1, -0.05) is 0 Å². The van der Waals surface area contributed by atoms with E-state index in [2.05, 4.69) is 10.3 Å². The number of phenolic OH excluding ortho intramolecular Hbond substituents is 1.